The van der Waals surface area contributed by atoms with Crippen LogP contribution in [0.5, 0.6) is 11.5 Å². The van der Waals surface area contributed by atoms with Gasteiger partial charge in [0.05, 0.1) is 24.3 Å². The van der Waals surface area contributed by atoms with Crippen LogP contribution in [0.15, 0.2) is 82.8 Å². The summed E-state index contributed by atoms with van der Waals surface area (Å²) < 4.78 is 36.9. The van der Waals surface area contributed by atoms with Gasteiger partial charge in [-0.3, -0.25) is 0 Å². The second kappa shape index (κ2) is 14.4. The molecule has 0 aromatic heterocycles. The Morgan fingerprint density at radius 1 is 0.757 bits per heavy atom. The fourth-order valence-electron chi connectivity index (χ4n) is 3.88. The molecule has 1 N–H and O–H groups in total. The zero-order valence-corrected chi connectivity index (χ0v) is 22.9. The number of hydrazone groups is 1. The van der Waals surface area contributed by atoms with E-state index in [0.717, 1.165) is 28.9 Å². The number of methoxy groups -OCH3 is 1. The quantitative estimate of drug-likeness (QED) is 0.134. The van der Waals surface area contributed by atoms with E-state index in [-0.39, 0.29) is 4.90 Å². The van der Waals surface area contributed by atoms with E-state index in [1.54, 1.807) is 31.4 Å². The minimum atomic E-state index is -3.82. The van der Waals surface area contributed by atoms with Crippen LogP contribution in [0, 0.1) is 6.92 Å². The third kappa shape index (κ3) is 8.93. The van der Waals surface area contributed by atoms with Gasteiger partial charge in [0.15, 0.2) is 0 Å². The molecule has 0 saturated heterocycles. The van der Waals surface area contributed by atoms with Gasteiger partial charge in [0, 0.05) is 11.1 Å². The van der Waals surface area contributed by atoms with Crippen LogP contribution in [0.1, 0.15) is 68.6 Å². The molecule has 6 nitrogen and oxygen atoms in total. The Bertz CT molecular complexity index is 1220. The van der Waals surface area contributed by atoms with Crippen LogP contribution in [0.4, 0.5) is 0 Å². The van der Waals surface area contributed by atoms with Gasteiger partial charge in [-0.2, -0.15) is 18.4 Å². The van der Waals surface area contributed by atoms with E-state index >= 15 is 0 Å². The van der Waals surface area contributed by atoms with Crippen molar-refractivity contribution in [2.75, 3.05) is 13.7 Å². The van der Waals surface area contributed by atoms with Gasteiger partial charge in [0.2, 0.25) is 0 Å². The summed E-state index contributed by atoms with van der Waals surface area (Å²) >= 11 is 0. The summed E-state index contributed by atoms with van der Waals surface area (Å²) in [4.78, 5) is 2.56. The first kappa shape index (κ1) is 28.3. The number of nitrogens with zero attached hydrogens (tertiary/aromatic N) is 1. The third-order valence-corrected chi connectivity index (χ3v) is 7.34. The van der Waals surface area contributed by atoms with Crippen molar-refractivity contribution in [3.05, 3.63) is 89.5 Å². The predicted molar refractivity (Wildman–Crippen MR) is 150 cm³/mol. The summed E-state index contributed by atoms with van der Waals surface area (Å²) in [5, 5.41) is 4.33. The van der Waals surface area contributed by atoms with Crippen LogP contribution < -0.4 is 14.3 Å². The Kier molecular flexibility index (Phi) is 11.0. The minimum Gasteiger partial charge on any atom is -0.497 e. The van der Waals surface area contributed by atoms with E-state index in [1.807, 2.05) is 55.5 Å². The molecule has 37 heavy (non-hydrogen) atoms. The monoisotopic (exact) mass is 522 g/mol. The van der Waals surface area contributed by atoms with Gasteiger partial charge in [-0.25, -0.2) is 0 Å². The number of unbranched alkanes of at least 4 members (excludes halogenated alkanes) is 6. The summed E-state index contributed by atoms with van der Waals surface area (Å²) in [7, 11) is -2.22. The molecule has 0 amide bonds. The van der Waals surface area contributed by atoms with Crippen molar-refractivity contribution in [1.29, 1.82) is 0 Å². The fraction of sp³-hybridized carbons (Fsp3) is 0.367. The average molecular weight is 523 g/mol. The van der Waals surface area contributed by atoms with Crippen LogP contribution in [-0.4, -0.2) is 27.8 Å². The highest BCUT2D eigenvalue weighted by atomic mass is 32.2. The van der Waals surface area contributed by atoms with Crippen molar-refractivity contribution in [2.45, 2.75) is 63.7 Å². The number of aryl methyl sites for hydroxylation is 1. The Labute approximate surface area is 221 Å². The van der Waals surface area contributed by atoms with Crippen molar-refractivity contribution in [3.63, 3.8) is 0 Å². The van der Waals surface area contributed by atoms with Crippen LogP contribution in [0.2, 0.25) is 0 Å². The predicted octanol–water partition coefficient (Wildman–Crippen LogP) is 6.86. The summed E-state index contributed by atoms with van der Waals surface area (Å²) in [5.41, 5.74) is 3.00. The molecule has 0 aliphatic carbocycles. The van der Waals surface area contributed by atoms with Gasteiger partial charge in [-0.1, -0.05) is 63.1 Å². The first-order valence-electron chi connectivity index (χ1n) is 13.0. The maximum atomic E-state index is 12.9. The first-order chi connectivity index (χ1) is 17.9. The lowest BCUT2D eigenvalue weighted by molar-refractivity contribution is 0.304. The van der Waals surface area contributed by atoms with Gasteiger partial charge in [-0.15, -0.1) is 0 Å². The Morgan fingerprint density at radius 3 is 1.86 bits per heavy atom. The van der Waals surface area contributed by atoms with E-state index in [0.29, 0.717) is 18.1 Å². The van der Waals surface area contributed by atoms with Crippen molar-refractivity contribution in [2.24, 2.45) is 5.10 Å². The largest absolute Gasteiger partial charge is 0.497 e. The second-order valence-electron chi connectivity index (χ2n) is 9.09. The number of ether oxygens (including phenoxy) is 2. The number of nitrogens with one attached hydrogen (secondary N) is 1. The van der Waals surface area contributed by atoms with Gasteiger partial charge in [0.1, 0.15) is 11.5 Å². The lowest BCUT2D eigenvalue weighted by atomic mass is 10.0. The molecule has 0 unspecified atom stereocenters. The van der Waals surface area contributed by atoms with Gasteiger partial charge in [0.25, 0.3) is 10.0 Å². The fourth-order valence-corrected chi connectivity index (χ4v) is 4.69. The molecule has 0 fully saturated rings. The molecule has 0 atom stereocenters. The van der Waals surface area contributed by atoms with Crippen molar-refractivity contribution >= 4 is 15.7 Å². The highest BCUT2D eigenvalue weighted by molar-refractivity contribution is 7.89. The van der Waals surface area contributed by atoms with E-state index in [4.69, 9.17) is 9.47 Å². The number of hydrogen-bond donors (Lipinski definition) is 1. The van der Waals surface area contributed by atoms with Gasteiger partial charge in [-0.05, 0) is 74.0 Å². The average Bonchev–Trinajstić information content (AvgIpc) is 2.91. The van der Waals surface area contributed by atoms with E-state index in [1.165, 1.54) is 38.5 Å². The van der Waals surface area contributed by atoms with Crippen molar-refractivity contribution in [1.82, 2.24) is 4.83 Å². The molecule has 0 aliphatic rings. The number of benzene rings is 3. The highest BCUT2D eigenvalue weighted by Crippen LogP contribution is 2.20. The molecule has 3 aromatic rings. The molecular weight excluding hydrogens is 484 g/mol. The third-order valence-electron chi connectivity index (χ3n) is 6.12. The van der Waals surface area contributed by atoms with E-state index in [9.17, 15) is 8.42 Å². The number of sulfonamides is 1. The zero-order chi connectivity index (χ0) is 26.5. The highest BCUT2D eigenvalue weighted by Gasteiger charge is 2.15. The molecule has 198 valence electrons. The van der Waals surface area contributed by atoms with Crippen LogP contribution >= 0.6 is 0 Å². The van der Waals surface area contributed by atoms with Crippen molar-refractivity contribution < 1.29 is 17.9 Å². The molecule has 7 heteroatoms. The smallest absolute Gasteiger partial charge is 0.276 e. The van der Waals surface area contributed by atoms with Crippen LogP contribution in [0.3, 0.4) is 0 Å². The lowest BCUT2D eigenvalue weighted by Crippen LogP contribution is -2.21. The Morgan fingerprint density at radius 2 is 1.30 bits per heavy atom. The molecule has 0 spiro atoms. The topological polar surface area (TPSA) is 77.0 Å². The molecule has 0 heterocycles. The van der Waals surface area contributed by atoms with Crippen molar-refractivity contribution in [3.8, 4) is 11.5 Å². The second-order valence-corrected chi connectivity index (χ2v) is 10.8. The number of rotatable bonds is 15. The number of hydrogen-bond acceptors (Lipinski definition) is 5. The standard InChI is InChI=1S/C30H38N2O4S/c1-4-5-6-7-8-9-10-23-36-28-19-15-26(16-20-28)30(25-13-17-27(35-3)18-14-25)31-32-37(33,34)29-21-11-24(2)12-22-29/h11-22,32H,4-10,23H2,1-3H3/b31-30+. The van der Waals surface area contributed by atoms with E-state index < -0.39 is 10.0 Å². The van der Waals surface area contributed by atoms with Gasteiger partial charge < -0.3 is 9.47 Å². The molecule has 0 saturated carbocycles. The SMILES string of the molecule is CCCCCCCCCOc1ccc(/C(=N/NS(=O)(=O)c2ccc(C)cc2)c2ccc(OC)cc2)cc1. The summed E-state index contributed by atoms with van der Waals surface area (Å²) in [5.74, 6) is 1.49. The van der Waals surface area contributed by atoms with Crippen LogP contribution in [0.25, 0.3) is 0 Å². The lowest BCUT2D eigenvalue weighted by Gasteiger charge is -2.11. The Balaban J connectivity index is 1.71. The molecule has 0 aliphatic heterocycles. The normalized spacial score (nSPS) is 11.8. The summed E-state index contributed by atoms with van der Waals surface area (Å²) in [6.45, 7) is 4.82. The minimum absolute atomic E-state index is 0.157. The molecule has 3 rings (SSSR count). The summed E-state index contributed by atoms with van der Waals surface area (Å²) in [6.07, 6.45) is 8.66. The van der Waals surface area contributed by atoms with Gasteiger partial charge >= 0.3 is 0 Å². The molecule has 0 radical (unpaired) electrons. The zero-order valence-electron chi connectivity index (χ0n) is 22.1. The first-order valence-corrected chi connectivity index (χ1v) is 14.4. The van der Waals surface area contributed by atoms with E-state index in [2.05, 4.69) is 16.9 Å². The molecular formula is C30H38N2O4S. The Hall–Kier alpha value is -3.32. The maximum Gasteiger partial charge on any atom is 0.276 e. The molecule has 3 aromatic carbocycles. The molecule has 0 bridgehead atoms. The van der Waals surface area contributed by atoms with Crippen LogP contribution in [-0.2, 0) is 10.0 Å². The summed E-state index contributed by atoms with van der Waals surface area (Å²) in [6, 6.07) is 21.6. The maximum absolute atomic E-state index is 12.9.